The van der Waals surface area contributed by atoms with Gasteiger partial charge in [0.1, 0.15) is 12.6 Å². The lowest BCUT2D eigenvalue weighted by Gasteiger charge is -2.38. The Morgan fingerprint density at radius 3 is 2.09 bits per heavy atom. The molecule has 0 saturated carbocycles. The Balaban J connectivity index is 1.56. The molecule has 1 aliphatic rings. The van der Waals surface area contributed by atoms with Gasteiger partial charge in [-0.15, -0.1) is 0 Å². The fourth-order valence-corrected chi connectivity index (χ4v) is 8.79. The number of anilines is 1. The Bertz CT molecular complexity index is 1950. The summed E-state index contributed by atoms with van der Waals surface area (Å²) in [4.78, 5) is 95.6. The highest BCUT2D eigenvalue weighted by Gasteiger charge is 2.42. The zero-order valence-electron chi connectivity index (χ0n) is 41.5. The van der Waals surface area contributed by atoms with Gasteiger partial charge in [0, 0.05) is 53.5 Å². The van der Waals surface area contributed by atoms with Crippen LogP contribution in [0.15, 0.2) is 54.6 Å². The van der Waals surface area contributed by atoms with Crippen molar-refractivity contribution in [3.63, 3.8) is 0 Å². The summed E-state index contributed by atoms with van der Waals surface area (Å²) in [5, 5.41) is 21.7. The van der Waals surface area contributed by atoms with Gasteiger partial charge in [-0.2, -0.15) is 0 Å². The number of carbonyl (C=O) groups is 7. The van der Waals surface area contributed by atoms with Crippen molar-refractivity contribution in [2.75, 3.05) is 53.3 Å². The van der Waals surface area contributed by atoms with Gasteiger partial charge in [0.2, 0.25) is 29.5 Å². The van der Waals surface area contributed by atoms with E-state index < -0.39 is 72.3 Å². The van der Waals surface area contributed by atoms with Crippen molar-refractivity contribution >= 4 is 47.3 Å². The second kappa shape index (κ2) is 27.9. The molecule has 0 bridgehead atoms. The zero-order chi connectivity index (χ0) is 50.7. The molecule has 1 fully saturated rings. The van der Waals surface area contributed by atoms with E-state index in [1.807, 2.05) is 32.0 Å². The van der Waals surface area contributed by atoms with E-state index in [4.69, 9.17) is 19.9 Å². The number of urea groups is 1. The number of amides is 8. The van der Waals surface area contributed by atoms with Gasteiger partial charge in [-0.25, -0.2) is 9.59 Å². The molecule has 8 atom stereocenters. The van der Waals surface area contributed by atoms with Crippen LogP contribution in [-0.2, 0) is 44.8 Å². The number of aliphatic hydroxyl groups is 1. The number of carbonyl (C=O) groups excluding carboxylic acids is 7. The first kappa shape index (κ1) is 56.5. The number of hydrogen-bond acceptors (Lipinski definition) is 11. The Kier molecular flexibility index (Phi) is 23.2. The highest BCUT2D eigenvalue weighted by Crippen LogP contribution is 2.29. The maximum Gasteiger partial charge on any atom is 0.410 e. The third kappa shape index (κ3) is 16.8. The van der Waals surface area contributed by atoms with Crippen LogP contribution in [0.4, 0.5) is 15.3 Å². The second-order valence-electron chi connectivity index (χ2n) is 18.2. The number of nitrogens with two attached hydrogens (primary N) is 1. The lowest BCUT2D eigenvalue weighted by molar-refractivity contribution is -0.145. The van der Waals surface area contributed by atoms with Crippen LogP contribution in [0, 0.1) is 17.8 Å². The molecule has 7 N–H and O–H groups in total. The lowest BCUT2D eigenvalue weighted by Crippen LogP contribution is -2.55. The smallest absolute Gasteiger partial charge is 0.410 e. The normalized spacial score (nSPS) is 16.7. The number of unbranched alkanes of at least 4 members (excludes halogenated alkanes) is 1. The number of aliphatic hydroxyl groups excluding tert-OH is 1. The van der Waals surface area contributed by atoms with Gasteiger partial charge in [-0.3, -0.25) is 28.9 Å². The van der Waals surface area contributed by atoms with Gasteiger partial charge in [-0.05, 0) is 67.7 Å². The molecule has 0 aromatic heterocycles. The Labute approximate surface area is 401 Å². The number of rotatable bonds is 26. The SMILES string of the molecule is CO[C@H]([C@@H](C)C(=O)N[C@H](C)[C@@H](O)c1ccccc1)[C@@H]1CCCN1C(=O)C[C@@H](OC)[C@H](C(C)C)N(C)C(=O)CNC(=O)[C@H](C(C)C)N(C)C(=O)OCc1ccc(NC(=O)CCCCNC(N)=O)cc1. The minimum Gasteiger partial charge on any atom is -0.445 e. The molecule has 1 heterocycles. The highest BCUT2D eigenvalue weighted by atomic mass is 16.6. The van der Waals surface area contributed by atoms with Crippen LogP contribution in [0.1, 0.15) is 97.3 Å². The van der Waals surface area contributed by atoms with E-state index in [0.717, 1.165) is 0 Å². The van der Waals surface area contributed by atoms with Gasteiger partial charge in [0.15, 0.2) is 0 Å². The summed E-state index contributed by atoms with van der Waals surface area (Å²) < 4.78 is 17.3. The molecule has 378 valence electrons. The number of nitrogens with zero attached hydrogens (tertiary/aromatic N) is 3. The molecule has 19 nitrogen and oxygen atoms in total. The fraction of sp³-hybridized carbons (Fsp3) is 0.612. The molecule has 0 radical (unpaired) electrons. The summed E-state index contributed by atoms with van der Waals surface area (Å²) in [5.74, 6) is -2.85. The van der Waals surface area contributed by atoms with Crippen molar-refractivity contribution in [3.8, 4) is 0 Å². The number of benzene rings is 2. The largest absolute Gasteiger partial charge is 0.445 e. The van der Waals surface area contributed by atoms with Crippen LogP contribution < -0.4 is 27.0 Å². The van der Waals surface area contributed by atoms with E-state index in [1.54, 1.807) is 76.0 Å². The predicted octanol–water partition coefficient (Wildman–Crippen LogP) is 3.94. The Morgan fingerprint density at radius 2 is 1.50 bits per heavy atom. The van der Waals surface area contributed by atoms with Crippen molar-refractivity contribution in [1.82, 2.24) is 30.7 Å². The van der Waals surface area contributed by atoms with E-state index in [9.17, 15) is 38.7 Å². The van der Waals surface area contributed by atoms with Crippen molar-refractivity contribution in [2.24, 2.45) is 23.5 Å². The first-order chi connectivity index (χ1) is 32.2. The monoisotopic (exact) mass is 953 g/mol. The minimum atomic E-state index is -0.975. The van der Waals surface area contributed by atoms with Crippen LogP contribution in [0.25, 0.3) is 0 Å². The van der Waals surface area contributed by atoms with Crippen molar-refractivity contribution < 1.29 is 52.9 Å². The first-order valence-electron chi connectivity index (χ1n) is 23.5. The van der Waals surface area contributed by atoms with E-state index in [-0.39, 0.29) is 55.6 Å². The zero-order valence-corrected chi connectivity index (χ0v) is 41.5. The molecule has 1 aliphatic heterocycles. The molecule has 2 aromatic carbocycles. The van der Waals surface area contributed by atoms with E-state index in [1.165, 1.54) is 31.1 Å². The number of likely N-dealkylation sites (N-methyl/N-ethyl adjacent to an activating group) is 2. The molecule has 3 rings (SSSR count). The van der Waals surface area contributed by atoms with Crippen molar-refractivity contribution in [3.05, 3.63) is 65.7 Å². The maximum absolute atomic E-state index is 14.1. The molecule has 0 unspecified atom stereocenters. The molecule has 8 amide bonds. The highest BCUT2D eigenvalue weighted by molar-refractivity contribution is 5.91. The van der Waals surface area contributed by atoms with E-state index in [0.29, 0.717) is 55.6 Å². The number of primary amides is 1. The van der Waals surface area contributed by atoms with Crippen molar-refractivity contribution in [2.45, 2.75) is 129 Å². The number of likely N-dealkylation sites (tertiary alicyclic amines) is 1. The lowest BCUT2D eigenvalue weighted by atomic mass is 9.92. The summed E-state index contributed by atoms with van der Waals surface area (Å²) in [6.07, 6.45) is -0.288. The summed E-state index contributed by atoms with van der Waals surface area (Å²) >= 11 is 0. The summed E-state index contributed by atoms with van der Waals surface area (Å²) in [6.45, 7) is 11.2. The molecule has 1 saturated heterocycles. The average Bonchev–Trinajstić information content (AvgIpc) is 3.79. The van der Waals surface area contributed by atoms with Crippen LogP contribution in [-0.4, -0.2) is 146 Å². The number of hydrogen-bond donors (Lipinski definition) is 6. The maximum atomic E-state index is 14.1. The first-order valence-corrected chi connectivity index (χ1v) is 23.5. The topological polar surface area (TPSA) is 251 Å². The molecule has 68 heavy (non-hydrogen) atoms. The van der Waals surface area contributed by atoms with E-state index in [2.05, 4.69) is 21.3 Å². The van der Waals surface area contributed by atoms with Crippen molar-refractivity contribution in [1.29, 1.82) is 0 Å². The second-order valence-corrected chi connectivity index (χ2v) is 18.2. The van der Waals surface area contributed by atoms with E-state index >= 15 is 0 Å². The predicted molar refractivity (Wildman–Crippen MR) is 257 cm³/mol. The van der Waals surface area contributed by atoms with Gasteiger partial charge in [0.05, 0.1) is 55.3 Å². The molecular formula is C49H76N8O11. The molecule has 0 spiro atoms. The summed E-state index contributed by atoms with van der Waals surface area (Å²) in [5.41, 5.74) is 6.94. The standard InChI is InChI=1S/C49H76N8O11/c1-30(2)42(38(66-9)27-40(59)57-26-16-19-37(57)45(67-10)32(5)46(62)53-33(6)44(61)35-17-12-11-13-18-35)55(7)41(60)28-52-47(63)43(31(3)4)56(8)49(65)68-29-34-21-23-36(24-22-34)54-39(58)20-14-15-25-51-48(50)64/h11-13,17-18,21-24,30-33,37-38,42-45,61H,14-16,19-20,25-29H2,1-10H3,(H,52,63)(H,53,62)(H,54,58)(H3,50,51,64)/t32-,33-,37+,38-,42+,43+,44-,45-/m1/s1. The third-order valence-corrected chi connectivity index (χ3v) is 12.5. The Hall–Kier alpha value is -5.79. The van der Waals surface area contributed by atoms with Gasteiger partial charge < -0.3 is 56.1 Å². The average molecular weight is 953 g/mol. The van der Waals surface area contributed by atoms with Crippen LogP contribution >= 0.6 is 0 Å². The van der Waals surface area contributed by atoms with Crippen LogP contribution in [0.3, 0.4) is 0 Å². The van der Waals surface area contributed by atoms with Gasteiger partial charge >= 0.3 is 12.1 Å². The Morgan fingerprint density at radius 1 is 0.838 bits per heavy atom. The van der Waals surface area contributed by atoms with Gasteiger partial charge in [-0.1, -0.05) is 77.1 Å². The summed E-state index contributed by atoms with van der Waals surface area (Å²) in [7, 11) is 6.06. The number of methoxy groups -OCH3 is 2. The molecule has 2 aromatic rings. The molecule has 0 aliphatic carbocycles. The third-order valence-electron chi connectivity index (χ3n) is 12.5. The summed E-state index contributed by atoms with van der Waals surface area (Å²) in [6, 6.07) is 12.7. The van der Waals surface area contributed by atoms with Gasteiger partial charge in [0.25, 0.3) is 0 Å². The van der Waals surface area contributed by atoms with Crippen LogP contribution in [0.5, 0.6) is 0 Å². The molecular weight excluding hydrogens is 877 g/mol. The fourth-order valence-electron chi connectivity index (χ4n) is 8.79. The minimum absolute atomic E-state index is 0.0553. The number of nitrogens with one attached hydrogen (secondary N) is 4. The van der Waals surface area contributed by atoms with Crippen LogP contribution in [0.2, 0.25) is 0 Å². The number of ether oxygens (including phenoxy) is 3. The quantitative estimate of drug-likeness (QED) is 0.0737. The molecule has 19 heteroatoms.